The van der Waals surface area contributed by atoms with Crippen LogP contribution in [0.2, 0.25) is 5.02 Å². The standard InChI is InChI=1S/C26H23ClN2O3/c27-19-7-8-23-21(13-19)22(16-28-23)20(14-26(30)29-15-17-4-2-1-3-5-17)18-6-9-24-25(12-18)32-11-10-31-24/h1-9,12-13,16,20,28H,10-11,14-15H2,(H,29,30). The molecule has 0 saturated carbocycles. The number of ether oxygens (including phenoxy) is 2. The van der Waals surface area contributed by atoms with Crippen LogP contribution in [0.4, 0.5) is 0 Å². The summed E-state index contributed by atoms with van der Waals surface area (Å²) >= 11 is 6.29. The Kier molecular flexibility index (Phi) is 5.73. The third-order valence-corrected chi connectivity index (χ3v) is 5.98. The number of benzene rings is 3. The summed E-state index contributed by atoms with van der Waals surface area (Å²) < 4.78 is 11.5. The van der Waals surface area contributed by atoms with Crippen molar-refractivity contribution in [2.45, 2.75) is 18.9 Å². The van der Waals surface area contributed by atoms with E-state index in [2.05, 4.69) is 10.3 Å². The average molecular weight is 447 g/mol. The molecule has 0 aliphatic carbocycles. The zero-order chi connectivity index (χ0) is 21.9. The molecule has 1 aromatic heterocycles. The van der Waals surface area contributed by atoms with E-state index in [-0.39, 0.29) is 11.8 Å². The summed E-state index contributed by atoms with van der Waals surface area (Å²) in [5.41, 5.74) is 4.06. The number of nitrogens with one attached hydrogen (secondary N) is 2. The van der Waals surface area contributed by atoms with E-state index in [0.717, 1.165) is 33.3 Å². The lowest BCUT2D eigenvalue weighted by molar-refractivity contribution is -0.121. The third-order valence-electron chi connectivity index (χ3n) is 5.74. The molecule has 6 heteroatoms. The Labute approximate surface area is 191 Å². The van der Waals surface area contributed by atoms with Gasteiger partial charge < -0.3 is 19.8 Å². The summed E-state index contributed by atoms with van der Waals surface area (Å²) in [6.45, 7) is 1.55. The number of amides is 1. The van der Waals surface area contributed by atoms with Gasteiger partial charge in [-0.05, 0) is 47.0 Å². The molecule has 2 N–H and O–H groups in total. The normalized spacial score (nSPS) is 13.7. The van der Waals surface area contributed by atoms with Crippen molar-refractivity contribution in [1.82, 2.24) is 10.3 Å². The molecular formula is C26H23ClN2O3. The Morgan fingerprint density at radius 1 is 1.00 bits per heavy atom. The highest BCUT2D eigenvalue weighted by Crippen LogP contribution is 2.39. The van der Waals surface area contributed by atoms with Gasteiger partial charge in [0.05, 0.1) is 0 Å². The van der Waals surface area contributed by atoms with E-state index < -0.39 is 0 Å². The second-order valence-corrected chi connectivity index (χ2v) is 8.29. The van der Waals surface area contributed by atoms with Gasteiger partial charge in [-0.25, -0.2) is 0 Å². The maximum absolute atomic E-state index is 13.0. The average Bonchev–Trinajstić information content (AvgIpc) is 3.24. The number of hydrogen-bond donors (Lipinski definition) is 2. The first kappa shape index (κ1) is 20.5. The summed E-state index contributed by atoms with van der Waals surface area (Å²) in [4.78, 5) is 16.3. The minimum absolute atomic E-state index is 0.0230. The zero-order valence-electron chi connectivity index (χ0n) is 17.4. The second kappa shape index (κ2) is 8.97. The highest BCUT2D eigenvalue weighted by atomic mass is 35.5. The number of aromatic nitrogens is 1. The van der Waals surface area contributed by atoms with E-state index >= 15 is 0 Å². The van der Waals surface area contributed by atoms with E-state index in [1.54, 1.807) is 0 Å². The first-order chi connectivity index (χ1) is 15.7. The maximum Gasteiger partial charge on any atom is 0.221 e. The molecule has 0 fully saturated rings. The summed E-state index contributed by atoms with van der Waals surface area (Å²) in [7, 11) is 0. The molecule has 5 rings (SSSR count). The molecule has 4 aromatic rings. The van der Waals surface area contributed by atoms with Crippen molar-refractivity contribution in [2.24, 2.45) is 0 Å². The lowest BCUT2D eigenvalue weighted by Crippen LogP contribution is -2.25. The molecule has 1 aliphatic heterocycles. The topological polar surface area (TPSA) is 63.4 Å². The smallest absolute Gasteiger partial charge is 0.221 e. The summed E-state index contributed by atoms with van der Waals surface area (Å²) in [6, 6.07) is 21.6. The number of halogens is 1. The molecule has 32 heavy (non-hydrogen) atoms. The Bertz CT molecular complexity index is 1250. The van der Waals surface area contributed by atoms with Crippen LogP contribution in [-0.4, -0.2) is 24.1 Å². The summed E-state index contributed by atoms with van der Waals surface area (Å²) in [6.07, 6.45) is 2.26. The van der Waals surface area contributed by atoms with Gasteiger partial charge in [-0.3, -0.25) is 4.79 Å². The van der Waals surface area contributed by atoms with Crippen LogP contribution in [0.3, 0.4) is 0 Å². The van der Waals surface area contributed by atoms with Gasteiger partial charge in [0.2, 0.25) is 5.91 Å². The van der Waals surface area contributed by atoms with Crippen LogP contribution in [-0.2, 0) is 11.3 Å². The predicted octanol–water partition coefficient (Wildman–Crippen LogP) is 5.43. The van der Waals surface area contributed by atoms with E-state index in [1.807, 2.05) is 72.9 Å². The van der Waals surface area contributed by atoms with E-state index in [0.29, 0.717) is 37.0 Å². The molecule has 0 saturated heterocycles. The zero-order valence-corrected chi connectivity index (χ0v) is 18.2. The van der Waals surface area contributed by atoms with Gasteiger partial charge in [0, 0.05) is 41.0 Å². The first-order valence-electron chi connectivity index (χ1n) is 10.6. The quantitative estimate of drug-likeness (QED) is 0.415. The number of H-pyrrole nitrogens is 1. The van der Waals surface area contributed by atoms with Gasteiger partial charge in [0.1, 0.15) is 13.2 Å². The van der Waals surface area contributed by atoms with Crippen molar-refractivity contribution < 1.29 is 14.3 Å². The van der Waals surface area contributed by atoms with Crippen LogP contribution < -0.4 is 14.8 Å². The Morgan fingerprint density at radius 2 is 1.81 bits per heavy atom. The lowest BCUT2D eigenvalue weighted by atomic mass is 9.87. The molecule has 1 unspecified atom stereocenters. The summed E-state index contributed by atoms with van der Waals surface area (Å²) in [5, 5.41) is 4.72. The van der Waals surface area contributed by atoms with Crippen molar-refractivity contribution in [3.8, 4) is 11.5 Å². The largest absolute Gasteiger partial charge is 0.486 e. The SMILES string of the molecule is O=C(CC(c1ccc2c(c1)OCCO2)c1c[nH]c2ccc(Cl)cc12)NCc1ccccc1. The van der Waals surface area contributed by atoms with Gasteiger partial charge >= 0.3 is 0 Å². The number of carbonyl (C=O) groups excluding carboxylic acids is 1. The molecule has 162 valence electrons. The van der Waals surface area contributed by atoms with E-state index in [9.17, 15) is 4.79 Å². The van der Waals surface area contributed by atoms with Crippen LogP contribution >= 0.6 is 11.6 Å². The van der Waals surface area contributed by atoms with E-state index in [4.69, 9.17) is 21.1 Å². The molecule has 0 spiro atoms. The fourth-order valence-corrected chi connectivity index (χ4v) is 4.31. The monoisotopic (exact) mass is 446 g/mol. The highest BCUT2D eigenvalue weighted by Gasteiger charge is 2.24. The van der Waals surface area contributed by atoms with Crippen molar-refractivity contribution in [3.05, 3.63) is 94.6 Å². The molecule has 1 amide bonds. The van der Waals surface area contributed by atoms with E-state index in [1.165, 1.54) is 0 Å². The maximum atomic E-state index is 13.0. The van der Waals surface area contributed by atoms with Gasteiger partial charge in [-0.15, -0.1) is 0 Å². The Hall–Kier alpha value is -3.44. The molecule has 3 aromatic carbocycles. The molecule has 0 radical (unpaired) electrons. The van der Waals surface area contributed by atoms with Crippen LogP contribution in [0, 0.1) is 0 Å². The van der Waals surface area contributed by atoms with Crippen LogP contribution in [0.25, 0.3) is 10.9 Å². The molecule has 2 heterocycles. The highest BCUT2D eigenvalue weighted by molar-refractivity contribution is 6.31. The first-order valence-corrected chi connectivity index (χ1v) is 11.0. The summed E-state index contributed by atoms with van der Waals surface area (Å²) in [5.74, 6) is 1.24. The Balaban J connectivity index is 1.47. The number of hydrogen-bond acceptors (Lipinski definition) is 3. The van der Waals surface area contributed by atoms with Crippen molar-refractivity contribution in [2.75, 3.05) is 13.2 Å². The number of carbonyl (C=O) groups is 1. The van der Waals surface area contributed by atoms with Crippen molar-refractivity contribution in [1.29, 1.82) is 0 Å². The van der Waals surface area contributed by atoms with Crippen LogP contribution in [0.15, 0.2) is 72.9 Å². The minimum Gasteiger partial charge on any atom is -0.486 e. The van der Waals surface area contributed by atoms with Crippen molar-refractivity contribution in [3.63, 3.8) is 0 Å². The van der Waals surface area contributed by atoms with Crippen LogP contribution in [0.1, 0.15) is 29.0 Å². The number of rotatable bonds is 6. The van der Waals surface area contributed by atoms with Crippen molar-refractivity contribution >= 4 is 28.4 Å². The van der Waals surface area contributed by atoms with Gasteiger partial charge in [0.15, 0.2) is 11.5 Å². The fraction of sp³-hybridized carbons (Fsp3) is 0.192. The van der Waals surface area contributed by atoms with Crippen LogP contribution in [0.5, 0.6) is 11.5 Å². The molecular weight excluding hydrogens is 424 g/mol. The second-order valence-electron chi connectivity index (χ2n) is 7.86. The van der Waals surface area contributed by atoms with Gasteiger partial charge in [-0.2, -0.15) is 0 Å². The molecule has 1 atom stereocenters. The number of aromatic amines is 1. The molecule has 1 aliphatic rings. The minimum atomic E-state index is -0.172. The fourth-order valence-electron chi connectivity index (χ4n) is 4.14. The third kappa shape index (κ3) is 4.30. The molecule has 0 bridgehead atoms. The lowest BCUT2D eigenvalue weighted by Gasteiger charge is -2.22. The van der Waals surface area contributed by atoms with Gasteiger partial charge in [0.25, 0.3) is 0 Å². The molecule has 5 nitrogen and oxygen atoms in total. The predicted molar refractivity (Wildman–Crippen MR) is 125 cm³/mol. The van der Waals surface area contributed by atoms with Gasteiger partial charge in [-0.1, -0.05) is 48.0 Å². The Morgan fingerprint density at radius 3 is 2.66 bits per heavy atom. The number of fused-ring (bicyclic) bond motifs is 2.